The number of nitrogens with two attached hydrogens (primary N) is 1. The number of anilines is 1. The lowest BCUT2D eigenvalue weighted by molar-refractivity contribution is 0.478. The van der Waals surface area contributed by atoms with Crippen LogP contribution in [0.3, 0.4) is 0 Å². The van der Waals surface area contributed by atoms with Crippen LogP contribution in [-0.4, -0.2) is 10.2 Å². The van der Waals surface area contributed by atoms with E-state index in [0.29, 0.717) is 27.2 Å². The first-order valence-corrected chi connectivity index (χ1v) is 5.62. The third-order valence-electron chi connectivity index (χ3n) is 3.17. The van der Waals surface area contributed by atoms with Gasteiger partial charge in [0.25, 0.3) is 0 Å². The van der Waals surface area contributed by atoms with Gasteiger partial charge in [0.15, 0.2) is 0 Å². The van der Waals surface area contributed by atoms with Crippen LogP contribution in [0, 0.1) is 4.91 Å². The third-order valence-corrected chi connectivity index (χ3v) is 3.17. The molecular weight excluding hydrogens is 244 g/mol. The largest absolute Gasteiger partial charge is 0.507 e. The van der Waals surface area contributed by atoms with E-state index in [1.54, 1.807) is 24.3 Å². The van der Waals surface area contributed by atoms with Crippen molar-refractivity contribution < 1.29 is 10.2 Å². The summed E-state index contributed by atoms with van der Waals surface area (Å²) in [6.07, 6.45) is 0. The molecule has 3 aromatic carbocycles. The predicted molar refractivity (Wildman–Crippen MR) is 74.7 cm³/mol. The van der Waals surface area contributed by atoms with E-state index in [-0.39, 0.29) is 17.2 Å². The Kier molecular flexibility index (Phi) is 2.28. The molecule has 0 spiro atoms. The fraction of sp³-hybridized carbons (Fsp3) is 0. The van der Waals surface area contributed by atoms with Gasteiger partial charge in [-0.2, -0.15) is 0 Å². The average Bonchev–Trinajstić information content (AvgIpc) is 2.44. The molecule has 3 rings (SSSR count). The molecule has 4 N–H and O–H groups in total. The molecule has 94 valence electrons. The summed E-state index contributed by atoms with van der Waals surface area (Å²) >= 11 is 0. The molecule has 3 aromatic rings. The molecule has 0 atom stereocenters. The van der Waals surface area contributed by atoms with Gasteiger partial charge in [-0.15, -0.1) is 4.91 Å². The highest BCUT2D eigenvalue weighted by molar-refractivity contribution is 6.11. The van der Waals surface area contributed by atoms with E-state index in [4.69, 9.17) is 5.73 Å². The molecule has 0 unspecified atom stereocenters. The quantitative estimate of drug-likeness (QED) is 0.268. The number of nitrogen functional groups attached to an aromatic ring is 1. The van der Waals surface area contributed by atoms with Crippen molar-refractivity contribution in [3.8, 4) is 11.5 Å². The minimum Gasteiger partial charge on any atom is -0.507 e. The maximum Gasteiger partial charge on any atom is 0.131 e. The summed E-state index contributed by atoms with van der Waals surface area (Å²) in [5.74, 6) is 0.0147. The van der Waals surface area contributed by atoms with Crippen LogP contribution in [0.4, 0.5) is 11.4 Å². The van der Waals surface area contributed by atoms with E-state index in [2.05, 4.69) is 5.18 Å². The van der Waals surface area contributed by atoms with E-state index in [9.17, 15) is 15.1 Å². The lowest BCUT2D eigenvalue weighted by Crippen LogP contribution is -1.86. The zero-order valence-electron chi connectivity index (χ0n) is 9.79. The van der Waals surface area contributed by atoms with Crippen molar-refractivity contribution in [2.75, 3.05) is 5.73 Å². The fourth-order valence-electron chi connectivity index (χ4n) is 2.25. The Morgan fingerprint density at radius 3 is 2.11 bits per heavy atom. The number of fused-ring (bicyclic) bond motifs is 2. The molecule has 0 bridgehead atoms. The molecule has 5 heteroatoms. The van der Waals surface area contributed by atoms with Gasteiger partial charge in [0, 0.05) is 27.2 Å². The van der Waals surface area contributed by atoms with Crippen LogP contribution >= 0.6 is 0 Å². The number of benzene rings is 3. The standard InChI is InChI=1S/C14H10N2O3/c15-7-1-3-9-11(5-7)14(18)12-6-8(16-19)2-4-10(12)13(9)17/h1-6,17-18H,15H2. The van der Waals surface area contributed by atoms with Crippen molar-refractivity contribution >= 4 is 32.9 Å². The second-order valence-corrected chi connectivity index (χ2v) is 4.32. The second kappa shape index (κ2) is 3.84. The van der Waals surface area contributed by atoms with E-state index in [1.165, 1.54) is 12.1 Å². The fourth-order valence-corrected chi connectivity index (χ4v) is 2.25. The van der Waals surface area contributed by atoms with Crippen LogP contribution in [0.1, 0.15) is 0 Å². The lowest BCUT2D eigenvalue weighted by Gasteiger charge is -2.10. The topological polar surface area (TPSA) is 95.9 Å². The molecule has 0 aromatic heterocycles. The number of rotatable bonds is 1. The van der Waals surface area contributed by atoms with Crippen LogP contribution in [-0.2, 0) is 0 Å². The monoisotopic (exact) mass is 254 g/mol. The lowest BCUT2D eigenvalue weighted by atomic mass is 10.00. The number of nitrogens with zero attached hydrogens (tertiary/aromatic N) is 1. The summed E-state index contributed by atoms with van der Waals surface area (Å²) in [6.45, 7) is 0. The molecule has 5 nitrogen and oxygen atoms in total. The van der Waals surface area contributed by atoms with Crippen molar-refractivity contribution in [2.45, 2.75) is 0 Å². The first-order chi connectivity index (χ1) is 9.11. The number of hydrogen-bond acceptors (Lipinski definition) is 5. The highest BCUT2D eigenvalue weighted by Crippen LogP contribution is 2.43. The summed E-state index contributed by atoms with van der Waals surface area (Å²) in [7, 11) is 0. The number of nitroso groups, excluding NO2 is 1. The van der Waals surface area contributed by atoms with Crippen LogP contribution in [0.5, 0.6) is 11.5 Å². The zero-order chi connectivity index (χ0) is 13.6. The first kappa shape index (κ1) is 11.3. The van der Waals surface area contributed by atoms with Gasteiger partial charge in [0.2, 0.25) is 0 Å². The Morgan fingerprint density at radius 2 is 1.42 bits per heavy atom. The van der Waals surface area contributed by atoms with Crippen LogP contribution in [0.15, 0.2) is 41.6 Å². The van der Waals surface area contributed by atoms with Crippen LogP contribution in [0.2, 0.25) is 0 Å². The predicted octanol–water partition coefficient (Wildman–Crippen LogP) is 3.38. The summed E-state index contributed by atoms with van der Waals surface area (Å²) in [6, 6.07) is 9.33. The van der Waals surface area contributed by atoms with E-state index in [0.717, 1.165) is 0 Å². The van der Waals surface area contributed by atoms with Gasteiger partial charge in [-0.05, 0) is 41.6 Å². The molecule has 0 aliphatic carbocycles. The minimum absolute atomic E-state index is 0.0272. The van der Waals surface area contributed by atoms with Gasteiger partial charge in [0.05, 0.1) is 0 Å². The number of hydrogen-bond donors (Lipinski definition) is 3. The normalized spacial score (nSPS) is 10.9. The van der Waals surface area contributed by atoms with Crippen molar-refractivity contribution in [2.24, 2.45) is 5.18 Å². The molecule has 0 saturated carbocycles. The number of phenolic OH excluding ortho intramolecular Hbond substituents is 2. The minimum atomic E-state index is -0.0272. The molecule has 0 heterocycles. The maximum absolute atomic E-state index is 10.5. The van der Waals surface area contributed by atoms with Gasteiger partial charge >= 0.3 is 0 Å². The summed E-state index contributed by atoms with van der Waals surface area (Å²) in [5, 5.41) is 25.1. The Hall–Kier alpha value is -2.82. The molecule has 19 heavy (non-hydrogen) atoms. The third kappa shape index (κ3) is 1.55. The molecular formula is C14H10N2O3. The van der Waals surface area contributed by atoms with E-state index >= 15 is 0 Å². The molecule has 0 radical (unpaired) electrons. The highest BCUT2D eigenvalue weighted by Gasteiger charge is 2.13. The molecule has 0 aliphatic heterocycles. The second-order valence-electron chi connectivity index (χ2n) is 4.32. The Morgan fingerprint density at radius 1 is 0.842 bits per heavy atom. The maximum atomic E-state index is 10.5. The van der Waals surface area contributed by atoms with E-state index in [1.807, 2.05) is 0 Å². The highest BCUT2D eigenvalue weighted by atomic mass is 16.3. The van der Waals surface area contributed by atoms with Crippen molar-refractivity contribution in [3.63, 3.8) is 0 Å². The Balaban J connectivity index is 2.56. The van der Waals surface area contributed by atoms with E-state index < -0.39 is 0 Å². The van der Waals surface area contributed by atoms with Gasteiger partial charge in [-0.3, -0.25) is 0 Å². The summed E-state index contributed by atoms with van der Waals surface area (Å²) in [4.78, 5) is 10.5. The van der Waals surface area contributed by atoms with Gasteiger partial charge in [-0.1, -0.05) is 0 Å². The van der Waals surface area contributed by atoms with Crippen molar-refractivity contribution in [3.05, 3.63) is 41.3 Å². The Bertz CT molecular complexity index is 828. The zero-order valence-corrected chi connectivity index (χ0v) is 9.79. The average molecular weight is 254 g/mol. The van der Waals surface area contributed by atoms with Gasteiger partial charge in [0.1, 0.15) is 17.2 Å². The molecule has 0 amide bonds. The van der Waals surface area contributed by atoms with Crippen molar-refractivity contribution in [1.82, 2.24) is 0 Å². The van der Waals surface area contributed by atoms with Gasteiger partial charge in [-0.25, -0.2) is 0 Å². The Labute approximate surface area is 107 Å². The van der Waals surface area contributed by atoms with Crippen LogP contribution < -0.4 is 5.73 Å². The smallest absolute Gasteiger partial charge is 0.131 e. The number of aromatic hydroxyl groups is 2. The molecule has 0 saturated heterocycles. The van der Waals surface area contributed by atoms with Gasteiger partial charge < -0.3 is 15.9 Å². The first-order valence-electron chi connectivity index (χ1n) is 5.62. The summed E-state index contributed by atoms with van der Waals surface area (Å²) < 4.78 is 0. The molecule has 0 aliphatic rings. The number of phenols is 2. The SMILES string of the molecule is Nc1ccc2c(O)c3ccc(N=O)cc3c(O)c2c1. The van der Waals surface area contributed by atoms with Crippen molar-refractivity contribution in [1.29, 1.82) is 0 Å². The molecule has 0 fully saturated rings. The van der Waals surface area contributed by atoms with Crippen LogP contribution in [0.25, 0.3) is 21.5 Å². The summed E-state index contributed by atoms with van der Waals surface area (Å²) in [5.41, 5.74) is 6.35.